The molecule has 0 spiro atoms. The quantitative estimate of drug-likeness (QED) is 0.616. The van der Waals surface area contributed by atoms with Gasteiger partial charge in [-0.25, -0.2) is 0 Å². The van der Waals surface area contributed by atoms with Gasteiger partial charge in [-0.2, -0.15) is 0 Å². The van der Waals surface area contributed by atoms with Gasteiger partial charge >= 0.3 is 0 Å². The van der Waals surface area contributed by atoms with Crippen molar-refractivity contribution in [1.29, 1.82) is 0 Å². The number of carboxylic acids is 1. The Morgan fingerprint density at radius 2 is 2.24 bits per heavy atom. The van der Waals surface area contributed by atoms with Gasteiger partial charge in [0.1, 0.15) is 10.9 Å². The summed E-state index contributed by atoms with van der Waals surface area (Å²) in [5.74, 6) is -0.934. The van der Waals surface area contributed by atoms with Crippen LogP contribution in [0.25, 0.3) is 6.08 Å². The van der Waals surface area contributed by atoms with Gasteiger partial charge in [0, 0.05) is 0 Å². The highest BCUT2D eigenvalue weighted by molar-refractivity contribution is 8.26. The van der Waals surface area contributed by atoms with E-state index in [2.05, 4.69) is 5.32 Å². The summed E-state index contributed by atoms with van der Waals surface area (Å²) in [4.78, 5) is 22.4. The molecule has 6 nitrogen and oxygen atoms in total. The molecule has 1 aromatic rings. The number of hydrogen-bond acceptors (Lipinski definition) is 7. The Kier molecular flexibility index (Phi) is 4.81. The Morgan fingerprint density at radius 1 is 1.48 bits per heavy atom. The molecular weight excluding hydrogens is 314 g/mol. The topological polar surface area (TPSA) is 87.7 Å². The second-order valence-corrected chi connectivity index (χ2v) is 5.64. The van der Waals surface area contributed by atoms with Crippen LogP contribution < -0.4 is 19.9 Å². The summed E-state index contributed by atoms with van der Waals surface area (Å²) in [6, 6.07) is 4.87. The van der Waals surface area contributed by atoms with Gasteiger partial charge in [-0.05, 0) is 23.8 Å². The molecule has 0 unspecified atom stereocenters. The molecule has 1 amide bonds. The van der Waals surface area contributed by atoms with Crippen molar-refractivity contribution in [2.45, 2.75) is 0 Å². The summed E-state index contributed by atoms with van der Waals surface area (Å²) in [7, 11) is 1.43. The number of methoxy groups -OCH3 is 1. The molecule has 0 atom stereocenters. The van der Waals surface area contributed by atoms with E-state index in [9.17, 15) is 14.7 Å². The van der Waals surface area contributed by atoms with Crippen LogP contribution in [0.2, 0.25) is 0 Å². The van der Waals surface area contributed by atoms with Gasteiger partial charge in [0.15, 0.2) is 11.5 Å². The molecule has 8 heteroatoms. The van der Waals surface area contributed by atoms with Gasteiger partial charge in [0.25, 0.3) is 5.91 Å². The van der Waals surface area contributed by atoms with Crippen LogP contribution >= 0.6 is 24.0 Å². The summed E-state index contributed by atoms with van der Waals surface area (Å²) in [6.45, 7) is -0.566. The number of carboxylic acid groups (broad SMARTS) is 1. The van der Waals surface area contributed by atoms with Crippen LogP contribution in [0.15, 0.2) is 23.1 Å². The largest absolute Gasteiger partial charge is 0.546 e. The van der Waals surface area contributed by atoms with E-state index < -0.39 is 12.6 Å². The molecule has 0 bridgehead atoms. The van der Waals surface area contributed by atoms with E-state index in [0.29, 0.717) is 20.5 Å². The van der Waals surface area contributed by atoms with E-state index in [-0.39, 0.29) is 11.7 Å². The molecule has 1 heterocycles. The lowest BCUT2D eigenvalue weighted by Crippen LogP contribution is -2.29. The standard InChI is InChI=1S/C13H11NO5S2/c1-18-9-4-7(2-3-8(9)19-6-11(15)16)5-10-12(17)14-13(20)21-10/h2-5H,6H2,1H3,(H,15,16)(H,14,17,20)/p-1/b10-5-. The van der Waals surface area contributed by atoms with Crippen molar-refractivity contribution >= 4 is 46.3 Å². The third-order valence-electron chi connectivity index (χ3n) is 2.47. The van der Waals surface area contributed by atoms with Crippen molar-refractivity contribution in [2.75, 3.05) is 13.7 Å². The van der Waals surface area contributed by atoms with Crippen molar-refractivity contribution in [3.05, 3.63) is 28.7 Å². The molecular formula is C13H10NO5S2-. The average Bonchev–Trinajstić information content (AvgIpc) is 2.75. The number of aliphatic carboxylic acids is 1. The summed E-state index contributed by atoms with van der Waals surface area (Å²) in [5, 5.41) is 12.9. The maximum Gasteiger partial charge on any atom is 0.263 e. The lowest BCUT2D eigenvalue weighted by atomic mass is 10.2. The number of amides is 1. The van der Waals surface area contributed by atoms with Crippen molar-refractivity contribution < 1.29 is 24.2 Å². The van der Waals surface area contributed by atoms with Gasteiger partial charge in [-0.3, -0.25) is 4.79 Å². The van der Waals surface area contributed by atoms with Crippen molar-refractivity contribution in [3.8, 4) is 11.5 Å². The minimum atomic E-state index is -1.32. The molecule has 1 fully saturated rings. The second kappa shape index (κ2) is 6.59. The predicted molar refractivity (Wildman–Crippen MR) is 79.8 cm³/mol. The van der Waals surface area contributed by atoms with Gasteiger partial charge in [0.2, 0.25) is 0 Å². The molecule has 1 aliphatic heterocycles. The van der Waals surface area contributed by atoms with Crippen molar-refractivity contribution in [3.63, 3.8) is 0 Å². The lowest BCUT2D eigenvalue weighted by molar-refractivity contribution is -0.307. The van der Waals surface area contributed by atoms with Gasteiger partial charge in [-0.15, -0.1) is 0 Å². The molecule has 1 aliphatic rings. The molecule has 21 heavy (non-hydrogen) atoms. The Balaban J connectivity index is 2.23. The van der Waals surface area contributed by atoms with Gasteiger partial charge in [0.05, 0.1) is 18.0 Å². The second-order valence-electron chi connectivity index (χ2n) is 3.92. The van der Waals surface area contributed by atoms with Crippen LogP contribution in [-0.4, -0.2) is 29.9 Å². The van der Waals surface area contributed by atoms with E-state index in [1.807, 2.05) is 0 Å². The number of carbonyl (C=O) groups excluding carboxylic acids is 2. The van der Waals surface area contributed by atoms with Crippen LogP contribution in [0.3, 0.4) is 0 Å². The number of nitrogens with one attached hydrogen (secondary N) is 1. The first kappa shape index (κ1) is 15.3. The smallest absolute Gasteiger partial charge is 0.263 e. The summed E-state index contributed by atoms with van der Waals surface area (Å²) >= 11 is 6.08. The van der Waals surface area contributed by atoms with Crippen LogP contribution in [-0.2, 0) is 9.59 Å². The van der Waals surface area contributed by atoms with Crippen LogP contribution in [0.5, 0.6) is 11.5 Å². The zero-order valence-electron chi connectivity index (χ0n) is 10.9. The molecule has 0 aromatic heterocycles. The fourth-order valence-corrected chi connectivity index (χ4v) is 2.65. The minimum absolute atomic E-state index is 0.249. The van der Waals surface area contributed by atoms with Crippen molar-refractivity contribution in [2.24, 2.45) is 0 Å². The molecule has 1 saturated heterocycles. The summed E-state index contributed by atoms with van der Waals surface area (Å²) < 4.78 is 10.6. The summed E-state index contributed by atoms with van der Waals surface area (Å²) in [5.41, 5.74) is 0.704. The predicted octanol–water partition coefficient (Wildman–Crippen LogP) is 0.313. The van der Waals surface area contributed by atoms with Crippen molar-refractivity contribution in [1.82, 2.24) is 5.32 Å². The number of thiocarbonyl (C=S) groups is 1. The Labute approximate surface area is 130 Å². The zero-order chi connectivity index (χ0) is 15.4. The average molecular weight is 324 g/mol. The Morgan fingerprint density at radius 3 is 2.81 bits per heavy atom. The highest BCUT2D eigenvalue weighted by Gasteiger charge is 2.22. The van der Waals surface area contributed by atoms with E-state index >= 15 is 0 Å². The fraction of sp³-hybridized carbons (Fsp3) is 0.154. The minimum Gasteiger partial charge on any atom is -0.546 e. The maximum atomic E-state index is 11.6. The van der Waals surface area contributed by atoms with Gasteiger partial charge in [-0.1, -0.05) is 30.0 Å². The van der Waals surface area contributed by atoms with E-state index in [0.717, 1.165) is 0 Å². The third-order valence-corrected chi connectivity index (χ3v) is 3.64. The fourth-order valence-electron chi connectivity index (χ4n) is 1.60. The summed E-state index contributed by atoms with van der Waals surface area (Å²) in [6.07, 6.45) is 1.66. The number of benzene rings is 1. The van der Waals surface area contributed by atoms with E-state index in [1.165, 1.54) is 18.9 Å². The molecule has 0 saturated carbocycles. The number of thioether (sulfide) groups is 1. The SMILES string of the molecule is COc1cc(/C=C2\SC(=S)NC2=O)ccc1OCC(=O)[O-]. The highest BCUT2D eigenvalue weighted by Crippen LogP contribution is 2.31. The van der Waals surface area contributed by atoms with Crippen LogP contribution in [0.4, 0.5) is 0 Å². The molecule has 110 valence electrons. The van der Waals surface area contributed by atoms with Crippen LogP contribution in [0.1, 0.15) is 5.56 Å². The molecule has 1 aromatic carbocycles. The number of rotatable bonds is 5. The van der Waals surface area contributed by atoms with Gasteiger partial charge < -0.3 is 24.7 Å². The first-order valence-electron chi connectivity index (χ1n) is 5.75. The molecule has 2 rings (SSSR count). The Hall–Kier alpha value is -2.06. The Bertz CT molecular complexity index is 641. The van der Waals surface area contributed by atoms with E-state index in [1.54, 1.807) is 24.3 Å². The van der Waals surface area contributed by atoms with E-state index in [4.69, 9.17) is 21.7 Å². The number of carbonyl (C=O) groups is 2. The third kappa shape index (κ3) is 3.96. The highest BCUT2D eigenvalue weighted by atomic mass is 32.2. The molecule has 1 N–H and O–H groups in total. The molecule has 0 aliphatic carbocycles. The first-order chi connectivity index (χ1) is 9.99. The normalized spacial score (nSPS) is 16.0. The number of ether oxygens (including phenoxy) is 2. The monoisotopic (exact) mass is 324 g/mol. The zero-order valence-corrected chi connectivity index (χ0v) is 12.5. The maximum absolute atomic E-state index is 11.6. The van der Waals surface area contributed by atoms with Crippen LogP contribution in [0, 0.1) is 0 Å². The number of hydrogen-bond donors (Lipinski definition) is 1. The lowest BCUT2D eigenvalue weighted by Gasteiger charge is -2.11. The first-order valence-corrected chi connectivity index (χ1v) is 6.97. The molecule has 0 radical (unpaired) electrons.